The molecule has 0 aliphatic heterocycles. The van der Waals surface area contributed by atoms with Crippen LogP contribution in [-0.4, -0.2) is 15.3 Å². The standard InChI is InChI=1S/C18H19N3O/c1-13(2)14-6-8-15(9-7-14)18(22)19-11-16-12-21-10-4-3-5-17(21)20-16/h3-10,12-13H,11H2,1-2H3,(H,19,22). The highest BCUT2D eigenvalue weighted by molar-refractivity contribution is 5.94. The molecule has 3 rings (SSSR count). The predicted octanol–water partition coefficient (Wildman–Crippen LogP) is 3.39. The Morgan fingerprint density at radius 1 is 1.18 bits per heavy atom. The van der Waals surface area contributed by atoms with E-state index in [-0.39, 0.29) is 5.91 Å². The van der Waals surface area contributed by atoms with Crippen LogP contribution in [0, 0.1) is 0 Å². The van der Waals surface area contributed by atoms with Crippen LogP contribution in [0.25, 0.3) is 5.65 Å². The maximum atomic E-state index is 12.2. The molecule has 1 aromatic carbocycles. The molecule has 0 bridgehead atoms. The molecule has 0 fully saturated rings. The number of rotatable bonds is 4. The van der Waals surface area contributed by atoms with E-state index >= 15 is 0 Å². The number of benzene rings is 1. The smallest absolute Gasteiger partial charge is 0.251 e. The van der Waals surface area contributed by atoms with Crippen molar-refractivity contribution >= 4 is 11.6 Å². The summed E-state index contributed by atoms with van der Waals surface area (Å²) in [5.41, 5.74) is 3.64. The molecule has 0 saturated carbocycles. The summed E-state index contributed by atoms with van der Waals surface area (Å²) >= 11 is 0. The average Bonchev–Trinajstić information content (AvgIpc) is 2.95. The molecule has 1 N–H and O–H groups in total. The first kappa shape index (κ1) is 14.3. The monoisotopic (exact) mass is 293 g/mol. The fraction of sp³-hybridized carbons (Fsp3) is 0.222. The topological polar surface area (TPSA) is 46.4 Å². The summed E-state index contributed by atoms with van der Waals surface area (Å²) in [6, 6.07) is 13.6. The van der Waals surface area contributed by atoms with Crippen molar-refractivity contribution in [1.82, 2.24) is 14.7 Å². The van der Waals surface area contributed by atoms with Crippen molar-refractivity contribution in [3.05, 3.63) is 71.7 Å². The van der Waals surface area contributed by atoms with Gasteiger partial charge >= 0.3 is 0 Å². The number of aromatic nitrogens is 2. The van der Waals surface area contributed by atoms with E-state index in [0.717, 1.165) is 11.3 Å². The molecule has 0 unspecified atom stereocenters. The van der Waals surface area contributed by atoms with E-state index < -0.39 is 0 Å². The van der Waals surface area contributed by atoms with E-state index in [1.54, 1.807) is 0 Å². The Hall–Kier alpha value is -2.62. The zero-order valence-electron chi connectivity index (χ0n) is 12.8. The van der Waals surface area contributed by atoms with E-state index in [4.69, 9.17) is 0 Å². The summed E-state index contributed by atoms with van der Waals surface area (Å²) in [5.74, 6) is 0.391. The van der Waals surface area contributed by atoms with Crippen molar-refractivity contribution in [3.8, 4) is 0 Å². The van der Waals surface area contributed by atoms with Crippen LogP contribution in [-0.2, 0) is 6.54 Å². The first-order valence-electron chi connectivity index (χ1n) is 7.44. The third-order valence-electron chi connectivity index (χ3n) is 3.68. The number of carbonyl (C=O) groups excluding carboxylic acids is 1. The molecule has 4 heteroatoms. The number of hydrogen-bond acceptors (Lipinski definition) is 2. The van der Waals surface area contributed by atoms with Gasteiger partial charge in [0.15, 0.2) is 0 Å². The third kappa shape index (κ3) is 3.01. The Morgan fingerprint density at radius 2 is 1.95 bits per heavy atom. The van der Waals surface area contributed by atoms with Gasteiger partial charge in [0.25, 0.3) is 5.91 Å². The Labute approximate surface area is 129 Å². The summed E-state index contributed by atoms with van der Waals surface area (Å²) in [6.07, 6.45) is 3.87. The molecule has 3 aromatic rings. The molecule has 1 amide bonds. The molecule has 0 aliphatic carbocycles. The highest BCUT2D eigenvalue weighted by Gasteiger charge is 2.08. The molecule has 22 heavy (non-hydrogen) atoms. The highest BCUT2D eigenvalue weighted by atomic mass is 16.1. The lowest BCUT2D eigenvalue weighted by atomic mass is 10.0. The largest absolute Gasteiger partial charge is 0.346 e. The summed E-state index contributed by atoms with van der Waals surface area (Å²) in [7, 11) is 0. The van der Waals surface area contributed by atoms with Gasteiger partial charge in [0, 0.05) is 18.0 Å². The van der Waals surface area contributed by atoms with E-state index in [0.29, 0.717) is 18.0 Å². The second-order valence-corrected chi connectivity index (χ2v) is 5.66. The number of nitrogens with zero attached hydrogens (tertiary/aromatic N) is 2. The van der Waals surface area contributed by atoms with Gasteiger partial charge in [0.05, 0.1) is 12.2 Å². The van der Waals surface area contributed by atoms with Crippen molar-refractivity contribution in [2.45, 2.75) is 26.3 Å². The second-order valence-electron chi connectivity index (χ2n) is 5.66. The van der Waals surface area contributed by atoms with Gasteiger partial charge in [-0.1, -0.05) is 32.0 Å². The molecule has 2 heterocycles. The van der Waals surface area contributed by atoms with Crippen molar-refractivity contribution in [3.63, 3.8) is 0 Å². The zero-order chi connectivity index (χ0) is 15.5. The van der Waals surface area contributed by atoms with Gasteiger partial charge in [0.2, 0.25) is 0 Å². The average molecular weight is 293 g/mol. The lowest BCUT2D eigenvalue weighted by Gasteiger charge is -2.07. The van der Waals surface area contributed by atoms with Gasteiger partial charge in [-0.25, -0.2) is 4.98 Å². The fourth-order valence-corrected chi connectivity index (χ4v) is 2.36. The van der Waals surface area contributed by atoms with Gasteiger partial charge in [-0.05, 0) is 35.7 Å². The van der Waals surface area contributed by atoms with Gasteiger partial charge in [-0.3, -0.25) is 4.79 Å². The van der Waals surface area contributed by atoms with Crippen molar-refractivity contribution < 1.29 is 4.79 Å². The number of pyridine rings is 1. The van der Waals surface area contributed by atoms with Crippen LogP contribution >= 0.6 is 0 Å². The minimum atomic E-state index is -0.0765. The Balaban J connectivity index is 1.66. The zero-order valence-corrected chi connectivity index (χ0v) is 12.8. The van der Waals surface area contributed by atoms with Gasteiger partial charge < -0.3 is 9.72 Å². The minimum Gasteiger partial charge on any atom is -0.346 e. The number of amides is 1. The van der Waals surface area contributed by atoms with Crippen LogP contribution in [0.15, 0.2) is 54.9 Å². The van der Waals surface area contributed by atoms with Gasteiger partial charge in [-0.2, -0.15) is 0 Å². The van der Waals surface area contributed by atoms with E-state index in [1.165, 1.54) is 5.56 Å². The molecule has 0 saturated heterocycles. The number of hydrogen-bond donors (Lipinski definition) is 1. The van der Waals surface area contributed by atoms with Gasteiger partial charge in [-0.15, -0.1) is 0 Å². The summed E-state index contributed by atoms with van der Waals surface area (Å²) < 4.78 is 1.94. The van der Waals surface area contributed by atoms with Gasteiger partial charge in [0.1, 0.15) is 5.65 Å². The molecule has 0 spiro atoms. The Morgan fingerprint density at radius 3 is 2.64 bits per heavy atom. The molecule has 0 atom stereocenters. The molecule has 4 nitrogen and oxygen atoms in total. The third-order valence-corrected chi connectivity index (χ3v) is 3.68. The van der Waals surface area contributed by atoms with Crippen LogP contribution in [0.4, 0.5) is 0 Å². The van der Waals surface area contributed by atoms with Crippen LogP contribution in [0.2, 0.25) is 0 Å². The number of fused-ring (bicyclic) bond motifs is 1. The van der Waals surface area contributed by atoms with E-state index in [1.807, 2.05) is 59.3 Å². The summed E-state index contributed by atoms with van der Waals surface area (Å²) in [6.45, 7) is 4.70. The second kappa shape index (κ2) is 6.02. The van der Waals surface area contributed by atoms with Crippen LogP contribution in [0.3, 0.4) is 0 Å². The first-order chi connectivity index (χ1) is 10.6. The minimum absolute atomic E-state index is 0.0765. The quantitative estimate of drug-likeness (QED) is 0.801. The lowest BCUT2D eigenvalue weighted by Crippen LogP contribution is -2.22. The SMILES string of the molecule is CC(C)c1ccc(C(=O)NCc2cn3ccccc3n2)cc1. The summed E-state index contributed by atoms with van der Waals surface area (Å²) in [5, 5.41) is 2.91. The number of imidazole rings is 1. The summed E-state index contributed by atoms with van der Waals surface area (Å²) in [4.78, 5) is 16.6. The van der Waals surface area contributed by atoms with Crippen molar-refractivity contribution in [1.29, 1.82) is 0 Å². The van der Waals surface area contributed by atoms with Crippen molar-refractivity contribution in [2.75, 3.05) is 0 Å². The fourth-order valence-electron chi connectivity index (χ4n) is 2.36. The molecule has 2 aromatic heterocycles. The lowest BCUT2D eigenvalue weighted by molar-refractivity contribution is 0.0950. The number of nitrogens with one attached hydrogen (secondary N) is 1. The first-order valence-corrected chi connectivity index (χ1v) is 7.44. The van der Waals surface area contributed by atoms with Crippen molar-refractivity contribution in [2.24, 2.45) is 0 Å². The van der Waals surface area contributed by atoms with E-state index in [9.17, 15) is 4.79 Å². The molecule has 0 aliphatic rings. The maximum Gasteiger partial charge on any atom is 0.251 e. The highest BCUT2D eigenvalue weighted by Crippen LogP contribution is 2.14. The molecular weight excluding hydrogens is 274 g/mol. The number of carbonyl (C=O) groups is 1. The Bertz CT molecular complexity index is 754. The Kier molecular flexibility index (Phi) is 3.92. The maximum absolute atomic E-state index is 12.2. The van der Waals surface area contributed by atoms with E-state index in [2.05, 4.69) is 24.1 Å². The van der Waals surface area contributed by atoms with Crippen LogP contribution < -0.4 is 5.32 Å². The molecular formula is C18H19N3O. The predicted molar refractivity (Wildman–Crippen MR) is 86.9 cm³/mol. The molecule has 112 valence electrons. The molecule has 0 radical (unpaired) electrons. The normalized spacial score (nSPS) is 11.0. The van der Waals surface area contributed by atoms with Crippen LogP contribution in [0.1, 0.15) is 41.4 Å². The van der Waals surface area contributed by atoms with Crippen LogP contribution in [0.5, 0.6) is 0 Å².